The molecule has 3 aromatic carbocycles. The highest BCUT2D eigenvalue weighted by Crippen LogP contribution is 2.19. The SMILES string of the molecule is CCOC(=O)C(=Cc1ccc(OCc2ccccc2)cc1)Oc1ccccc1. The number of ether oxygens (including phenoxy) is 3. The molecule has 0 unspecified atom stereocenters. The Morgan fingerprint density at radius 1 is 0.821 bits per heavy atom. The van der Waals surface area contributed by atoms with Gasteiger partial charge in [-0.15, -0.1) is 0 Å². The molecule has 28 heavy (non-hydrogen) atoms. The molecule has 0 N–H and O–H groups in total. The molecular weight excluding hydrogens is 352 g/mol. The first-order valence-corrected chi connectivity index (χ1v) is 9.13. The van der Waals surface area contributed by atoms with E-state index in [4.69, 9.17) is 14.2 Å². The van der Waals surface area contributed by atoms with Gasteiger partial charge in [-0.3, -0.25) is 0 Å². The van der Waals surface area contributed by atoms with Gasteiger partial charge in [0.15, 0.2) is 0 Å². The van der Waals surface area contributed by atoms with Gasteiger partial charge in [0.1, 0.15) is 18.1 Å². The monoisotopic (exact) mass is 374 g/mol. The Balaban J connectivity index is 1.71. The molecular formula is C24H22O4. The van der Waals surface area contributed by atoms with Crippen molar-refractivity contribution in [3.8, 4) is 11.5 Å². The van der Waals surface area contributed by atoms with Crippen molar-refractivity contribution in [3.63, 3.8) is 0 Å². The highest BCUT2D eigenvalue weighted by molar-refractivity contribution is 5.92. The summed E-state index contributed by atoms with van der Waals surface area (Å²) >= 11 is 0. The molecule has 0 radical (unpaired) electrons. The van der Waals surface area contributed by atoms with Crippen LogP contribution in [0, 0.1) is 0 Å². The molecule has 0 heterocycles. The average molecular weight is 374 g/mol. The smallest absolute Gasteiger partial charge is 0.374 e. The second-order valence-electron chi connectivity index (χ2n) is 5.99. The maximum atomic E-state index is 12.2. The first-order valence-electron chi connectivity index (χ1n) is 9.13. The lowest BCUT2D eigenvalue weighted by Crippen LogP contribution is -2.12. The number of benzene rings is 3. The van der Waals surface area contributed by atoms with Gasteiger partial charge >= 0.3 is 5.97 Å². The minimum atomic E-state index is -0.504. The Bertz CT molecular complexity index is 900. The van der Waals surface area contributed by atoms with Crippen molar-refractivity contribution in [1.82, 2.24) is 0 Å². The molecule has 0 aliphatic carbocycles. The maximum Gasteiger partial charge on any atom is 0.374 e. The van der Waals surface area contributed by atoms with Gasteiger partial charge in [-0.1, -0.05) is 60.7 Å². The van der Waals surface area contributed by atoms with Crippen LogP contribution < -0.4 is 9.47 Å². The summed E-state index contributed by atoms with van der Waals surface area (Å²) in [6.45, 7) is 2.54. The summed E-state index contributed by atoms with van der Waals surface area (Å²) in [5, 5.41) is 0. The summed E-state index contributed by atoms with van der Waals surface area (Å²) in [6, 6.07) is 26.6. The molecule has 0 aliphatic rings. The van der Waals surface area contributed by atoms with Crippen LogP contribution in [-0.2, 0) is 16.1 Å². The van der Waals surface area contributed by atoms with Crippen LogP contribution in [0.3, 0.4) is 0 Å². The zero-order valence-electron chi connectivity index (χ0n) is 15.7. The van der Waals surface area contributed by atoms with Crippen molar-refractivity contribution in [2.24, 2.45) is 0 Å². The molecule has 0 fully saturated rings. The van der Waals surface area contributed by atoms with Gasteiger partial charge in [0, 0.05) is 0 Å². The fraction of sp³-hybridized carbons (Fsp3) is 0.125. The first-order chi connectivity index (χ1) is 13.7. The fourth-order valence-corrected chi connectivity index (χ4v) is 2.50. The summed E-state index contributed by atoms with van der Waals surface area (Å²) in [5.74, 6) is 0.953. The molecule has 0 atom stereocenters. The van der Waals surface area contributed by atoms with Crippen molar-refractivity contribution in [1.29, 1.82) is 0 Å². The van der Waals surface area contributed by atoms with E-state index in [1.165, 1.54) is 0 Å². The van der Waals surface area contributed by atoms with Crippen LogP contribution in [0.4, 0.5) is 0 Å². The van der Waals surface area contributed by atoms with Crippen molar-refractivity contribution < 1.29 is 19.0 Å². The van der Waals surface area contributed by atoms with Crippen molar-refractivity contribution in [2.75, 3.05) is 6.61 Å². The molecule has 3 aromatic rings. The first kappa shape index (κ1) is 19.2. The van der Waals surface area contributed by atoms with Crippen LogP contribution in [0.5, 0.6) is 11.5 Å². The van der Waals surface area contributed by atoms with Gasteiger partial charge in [0.25, 0.3) is 0 Å². The topological polar surface area (TPSA) is 44.8 Å². The van der Waals surface area contributed by atoms with Gasteiger partial charge in [-0.25, -0.2) is 4.79 Å². The molecule has 0 saturated carbocycles. The van der Waals surface area contributed by atoms with Crippen LogP contribution >= 0.6 is 0 Å². The van der Waals surface area contributed by atoms with Gasteiger partial charge in [-0.05, 0) is 48.4 Å². The van der Waals surface area contributed by atoms with E-state index in [0.717, 1.165) is 16.9 Å². The fourth-order valence-electron chi connectivity index (χ4n) is 2.50. The van der Waals surface area contributed by atoms with E-state index in [-0.39, 0.29) is 12.4 Å². The Hall–Kier alpha value is -3.53. The molecule has 0 aromatic heterocycles. The third kappa shape index (κ3) is 5.74. The Kier molecular flexibility index (Phi) is 6.85. The molecule has 142 valence electrons. The van der Waals surface area contributed by atoms with Gasteiger partial charge in [0.05, 0.1) is 6.61 Å². The number of hydrogen-bond acceptors (Lipinski definition) is 4. The minimum absolute atomic E-state index is 0.131. The van der Waals surface area contributed by atoms with Crippen LogP contribution in [0.15, 0.2) is 90.7 Å². The van der Waals surface area contributed by atoms with Crippen LogP contribution in [-0.4, -0.2) is 12.6 Å². The second-order valence-corrected chi connectivity index (χ2v) is 5.99. The molecule has 0 spiro atoms. The van der Waals surface area contributed by atoms with Crippen LogP contribution in [0.25, 0.3) is 6.08 Å². The third-order valence-electron chi connectivity index (χ3n) is 3.87. The lowest BCUT2D eigenvalue weighted by molar-refractivity contribution is -0.140. The van der Waals surface area contributed by atoms with Gasteiger partial charge in [-0.2, -0.15) is 0 Å². The molecule has 0 saturated heterocycles. The van der Waals surface area contributed by atoms with Crippen LogP contribution in [0.1, 0.15) is 18.1 Å². The van der Waals surface area contributed by atoms with Crippen LogP contribution in [0.2, 0.25) is 0 Å². The largest absolute Gasteiger partial charge is 0.489 e. The predicted octanol–water partition coefficient (Wildman–Crippen LogP) is 5.25. The predicted molar refractivity (Wildman–Crippen MR) is 109 cm³/mol. The zero-order chi connectivity index (χ0) is 19.6. The number of rotatable bonds is 8. The number of para-hydroxylation sites is 1. The second kappa shape index (κ2) is 9.97. The number of hydrogen-bond donors (Lipinski definition) is 0. The van der Waals surface area contributed by atoms with E-state index in [1.807, 2.05) is 72.8 Å². The minimum Gasteiger partial charge on any atom is -0.489 e. The van der Waals surface area contributed by atoms with Crippen molar-refractivity contribution in [2.45, 2.75) is 13.5 Å². The number of esters is 1. The normalized spacial score (nSPS) is 11.0. The molecule has 3 rings (SSSR count). The van der Waals surface area contributed by atoms with Crippen molar-refractivity contribution >= 4 is 12.0 Å². The van der Waals surface area contributed by atoms with Gasteiger partial charge in [0.2, 0.25) is 5.76 Å². The Morgan fingerprint density at radius 2 is 1.46 bits per heavy atom. The van der Waals surface area contributed by atoms with Crippen molar-refractivity contribution in [3.05, 3.63) is 102 Å². The summed E-state index contributed by atoms with van der Waals surface area (Å²) in [7, 11) is 0. The summed E-state index contributed by atoms with van der Waals surface area (Å²) in [5.41, 5.74) is 1.92. The maximum absolute atomic E-state index is 12.2. The molecule has 0 amide bonds. The van der Waals surface area contributed by atoms with E-state index in [1.54, 1.807) is 25.1 Å². The zero-order valence-corrected chi connectivity index (χ0v) is 15.7. The van der Waals surface area contributed by atoms with E-state index >= 15 is 0 Å². The quantitative estimate of drug-likeness (QED) is 0.307. The van der Waals surface area contributed by atoms with Gasteiger partial charge < -0.3 is 14.2 Å². The summed E-state index contributed by atoms with van der Waals surface area (Å²) in [4.78, 5) is 12.2. The lowest BCUT2D eigenvalue weighted by Gasteiger charge is -2.10. The number of carbonyl (C=O) groups is 1. The summed E-state index contributed by atoms with van der Waals surface area (Å²) < 4.78 is 16.6. The molecule has 4 nitrogen and oxygen atoms in total. The standard InChI is InChI=1S/C24H22O4/c1-2-26-24(25)23(28-22-11-7-4-8-12-22)17-19-13-15-21(16-14-19)27-18-20-9-5-3-6-10-20/h3-17H,2,18H2,1H3. The van der Waals surface area contributed by atoms with E-state index in [9.17, 15) is 4.79 Å². The van der Waals surface area contributed by atoms with E-state index < -0.39 is 5.97 Å². The highest BCUT2D eigenvalue weighted by atomic mass is 16.6. The molecule has 0 aliphatic heterocycles. The Morgan fingerprint density at radius 3 is 2.11 bits per heavy atom. The van der Waals surface area contributed by atoms with E-state index in [2.05, 4.69) is 0 Å². The molecule has 0 bridgehead atoms. The average Bonchev–Trinajstić information content (AvgIpc) is 2.74. The summed E-state index contributed by atoms with van der Waals surface area (Å²) in [6.07, 6.45) is 1.66. The third-order valence-corrected chi connectivity index (χ3v) is 3.87. The van der Waals surface area contributed by atoms with E-state index in [0.29, 0.717) is 12.4 Å². The number of carbonyl (C=O) groups excluding carboxylic acids is 1. The lowest BCUT2D eigenvalue weighted by atomic mass is 10.2. The Labute approximate surface area is 165 Å². The molecule has 4 heteroatoms. The highest BCUT2D eigenvalue weighted by Gasteiger charge is 2.13.